The van der Waals surface area contributed by atoms with Crippen LogP contribution in [0.25, 0.3) is 0 Å². The molecule has 0 spiro atoms. The molecule has 7 nitrogen and oxygen atoms in total. The van der Waals surface area contributed by atoms with Crippen LogP contribution in [0.1, 0.15) is 51.0 Å². The third-order valence-corrected chi connectivity index (χ3v) is 3.87. The van der Waals surface area contributed by atoms with Crippen molar-refractivity contribution in [2.24, 2.45) is 0 Å². The van der Waals surface area contributed by atoms with E-state index in [0.717, 1.165) is 5.56 Å². The molecule has 1 aromatic heterocycles. The molecule has 1 atom stereocenters. The summed E-state index contributed by atoms with van der Waals surface area (Å²) in [5.74, 6) is 3.10. The Morgan fingerprint density at radius 1 is 1.08 bits per heavy atom. The smallest absolute Gasteiger partial charge is 0.243 e. The van der Waals surface area contributed by atoms with E-state index in [1.807, 2.05) is 39.8 Å². The molecule has 2 rings (SSSR count). The number of aromatic nitrogens is 2. The van der Waals surface area contributed by atoms with Crippen molar-refractivity contribution in [3.05, 3.63) is 29.4 Å². The van der Waals surface area contributed by atoms with Gasteiger partial charge in [-0.05, 0) is 13.0 Å². The van der Waals surface area contributed by atoms with Crippen molar-refractivity contribution in [2.75, 3.05) is 21.3 Å². The Bertz CT molecular complexity index is 707. The van der Waals surface area contributed by atoms with Crippen LogP contribution < -0.4 is 19.5 Å². The van der Waals surface area contributed by atoms with Crippen molar-refractivity contribution in [3.63, 3.8) is 0 Å². The van der Waals surface area contributed by atoms with Crippen molar-refractivity contribution in [1.29, 1.82) is 0 Å². The molecule has 0 saturated heterocycles. The minimum atomic E-state index is -0.145. The fraction of sp³-hybridized carbons (Fsp3) is 0.556. The van der Waals surface area contributed by atoms with Crippen LogP contribution in [0.2, 0.25) is 0 Å². The number of hydrogen-bond acceptors (Lipinski definition) is 7. The van der Waals surface area contributed by atoms with Crippen LogP contribution in [-0.2, 0) is 12.0 Å². The van der Waals surface area contributed by atoms with Crippen LogP contribution in [0.15, 0.2) is 16.7 Å². The van der Waals surface area contributed by atoms with Crippen LogP contribution >= 0.6 is 0 Å². The van der Waals surface area contributed by atoms with Crippen molar-refractivity contribution < 1.29 is 18.7 Å². The van der Waals surface area contributed by atoms with Crippen LogP contribution in [-0.4, -0.2) is 31.5 Å². The maximum absolute atomic E-state index is 5.50. The lowest BCUT2D eigenvalue weighted by Crippen LogP contribution is -2.19. The van der Waals surface area contributed by atoms with Crippen LogP contribution in [0.5, 0.6) is 17.2 Å². The van der Waals surface area contributed by atoms with E-state index in [9.17, 15) is 0 Å². The third kappa shape index (κ3) is 4.22. The zero-order valence-corrected chi connectivity index (χ0v) is 16.0. The molecule has 2 aromatic rings. The second-order valence-electron chi connectivity index (χ2n) is 6.80. The van der Waals surface area contributed by atoms with Crippen molar-refractivity contribution in [2.45, 2.75) is 45.7 Å². The number of nitrogens with one attached hydrogen (secondary N) is 1. The topological polar surface area (TPSA) is 78.6 Å². The van der Waals surface area contributed by atoms with E-state index < -0.39 is 0 Å². The van der Waals surface area contributed by atoms with Gasteiger partial charge in [0.25, 0.3) is 0 Å². The monoisotopic (exact) mass is 349 g/mol. The van der Waals surface area contributed by atoms with E-state index in [4.69, 9.17) is 18.7 Å². The van der Waals surface area contributed by atoms with E-state index in [2.05, 4.69) is 15.5 Å². The molecule has 0 radical (unpaired) electrons. The van der Waals surface area contributed by atoms with Gasteiger partial charge < -0.3 is 24.1 Å². The summed E-state index contributed by atoms with van der Waals surface area (Å²) >= 11 is 0. The molecular formula is C18H27N3O4. The van der Waals surface area contributed by atoms with Gasteiger partial charge in [-0.3, -0.25) is 0 Å². The second kappa shape index (κ2) is 7.74. The first-order valence-electron chi connectivity index (χ1n) is 8.17. The minimum Gasteiger partial charge on any atom is -0.493 e. The molecule has 0 aliphatic carbocycles. The summed E-state index contributed by atoms with van der Waals surface area (Å²) in [6.45, 7) is 8.68. The molecule has 25 heavy (non-hydrogen) atoms. The Hall–Kier alpha value is -2.28. The molecule has 1 aromatic carbocycles. The number of nitrogens with zero attached hydrogens (tertiary/aromatic N) is 2. The van der Waals surface area contributed by atoms with Gasteiger partial charge in [0, 0.05) is 17.5 Å². The lowest BCUT2D eigenvalue weighted by Gasteiger charge is -2.17. The zero-order chi connectivity index (χ0) is 18.6. The third-order valence-electron chi connectivity index (χ3n) is 3.87. The Morgan fingerprint density at radius 3 is 2.28 bits per heavy atom. The fourth-order valence-corrected chi connectivity index (χ4v) is 2.37. The molecule has 0 saturated carbocycles. The van der Waals surface area contributed by atoms with Crippen LogP contribution in [0.4, 0.5) is 0 Å². The Labute approximate surface area is 148 Å². The minimum absolute atomic E-state index is 0.0959. The summed E-state index contributed by atoms with van der Waals surface area (Å²) in [4.78, 5) is 4.48. The van der Waals surface area contributed by atoms with Gasteiger partial charge in [0.2, 0.25) is 11.6 Å². The number of methoxy groups -OCH3 is 3. The summed E-state index contributed by atoms with van der Waals surface area (Å²) < 4.78 is 21.6. The molecular weight excluding hydrogens is 322 g/mol. The summed E-state index contributed by atoms with van der Waals surface area (Å²) in [6, 6.07) is 3.70. The molecule has 0 fully saturated rings. The first-order chi connectivity index (χ1) is 11.8. The highest BCUT2D eigenvalue weighted by molar-refractivity contribution is 5.55. The van der Waals surface area contributed by atoms with Gasteiger partial charge in [-0.15, -0.1) is 0 Å². The predicted octanol–water partition coefficient (Wildman–Crippen LogP) is 3.24. The molecule has 1 N–H and O–H groups in total. The van der Waals surface area contributed by atoms with E-state index in [1.54, 1.807) is 21.3 Å². The summed E-state index contributed by atoms with van der Waals surface area (Å²) in [5.41, 5.74) is 0.802. The number of ether oxygens (including phenoxy) is 3. The van der Waals surface area contributed by atoms with E-state index in [-0.39, 0.29) is 11.5 Å². The first kappa shape index (κ1) is 19.1. The van der Waals surface area contributed by atoms with Gasteiger partial charge in [0.05, 0.1) is 27.4 Å². The van der Waals surface area contributed by atoms with Gasteiger partial charge in [-0.1, -0.05) is 32.0 Å². The number of hydrogen-bond donors (Lipinski definition) is 1. The van der Waals surface area contributed by atoms with Gasteiger partial charge in [-0.25, -0.2) is 0 Å². The largest absolute Gasteiger partial charge is 0.493 e. The van der Waals surface area contributed by atoms with E-state index in [1.165, 1.54) is 0 Å². The highest BCUT2D eigenvalue weighted by Crippen LogP contribution is 2.39. The Balaban J connectivity index is 2.14. The summed E-state index contributed by atoms with van der Waals surface area (Å²) in [5, 5.41) is 7.43. The van der Waals surface area contributed by atoms with Gasteiger partial charge in [-0.2, -0.15) is 4.98 Å². The SMILES string of the molecule is COc1ccc(CNC(C)c2nc(C(C)(C)C)no2)c(OC)c1OC. The van der Waals surface area contributed by atoms with Gasteiger partial charge in [0.15, 0.2) is 17.3 Å². The maximum Gasteiger partial charge on any atom is 0.243 e. The molecule has 138 valence electrons. The normalized spacial score (nSPS) is 12.8. The Kier molecular flexibility index (Phi) is 5.89. The fourth-order valence-electron chi connectivity index (χ4n) is 2.37. The van der Waals surface area contributed by atoms with Gasteiger partial charge in [0.1, 0.15) is 0 Å². The molecule has 0 bridgehead atoms. The van der Waals surface area contributed by atoms with Crippen LogP contribution in [0.3, 0.4) is 0 Å². The lowest BCUT2D eigenvalue weighted by molar-refractivity contribution is 0.317. The second-order valence-corrected chi connectivity index (χ2v) is 6.80. The molecule has 1 heterocycles. The highest BCUT2D eigenvalue weighted by Gasteiger charge is 2.23. The average Bonchev–Trinajstić information content (AvgIpc) is 3.09. The molecule has 7 heteroatoms. The zero-order valence-electron chi connectivity index (χ0n) is 16.0. The average molecular weight is 349 g/mol. The van der Waals surface area contributed by atoms with Crippen molar-refractivity contribution >= 4 is 0 Å². The highest BCUT2D eigenvalue weighted by atomic mass is 16.5. The summed E-state index contributed by atoms with van der Waals surface area (Å²) in [7, 11) is 4.80. The lowest BCUT2D eigenvalue weighted by atomic mass is 9.96. The van der Waals surface area contributed by atoms with Crippen LogP contribution in [0, 0.1) is 0 Å². The maximum atomic E-state index is 5.50. The molecule has 0 aliphatic heterocycles. The Morgan fingerprint density at radius 2 is 1.76 bits per heavy atom. The van der Waals surface area contributed by atoms with Gasteiger partial charge >= 0.3 is 0 Å². The standard InChI is InChI=1S/C18H27N3O4/c1-11(16-20-17(21-25-16)18(2,3)4)19-10-12-8-9-13(22-5)15(24-7)14(12)23-6/h8-9,11,19H,10H2,1-7H3. The van der Waals surface area contributed by atoms with E-state index in [0.29, 0.717) is 35.5 Å². The van der Waals surface area contributed by atoms with Crippen molar-refractivity contribution in [3.8, 4) is 17.2 Å². The number of benzene rings is 1. The predicted molar refractivity (Wildman–Crippen MR) is 94.4 cm³/mol. The van der Waals surface area contributed by atoms with Crippen molar-refractivity contribution in [1.82, 2.24) is 15.5 Å². The van der Waals surface area contributed by atoms with E-state index >= 15 is 0 Å². The number of rotatable bonds is 7. The summed E-state index contributed by atoms with van der Waals surface area (Å²) in [6.07, 6.45) is 0. The quantitative estimate of drug-likeness (QED) is 0.822. The molecule has 0 aliphatic rings. The first-order valence-corrected chi connectivity index (χ1v) is 8.17. The molecule has 1 unspecified atom stereocenters. The molecule has 0 amide bonds.